The van der Waals surface area contributed by atoms with E-state index in [4.69, 9.17) is 9.47 Å². The van der Waals surface area contributed by atoms with E-state index in [0.29, 0.717) is 6.42 Å². The summed E-state index contributed by atoms with van der Waals surface area (Å²) in [4.78, 5) is 11.8. The summed E-state index contributed by atoms with van der Waals surface area (Å²) in [7, 11) is -2.28. The molecule has 0 saturated heterocycles. The van der Waals surface area contributed by atoms with Gasteiger partial charge in [-0.3, -0.25) is 9.52 Å². The van der Waals surface area contributed by atoms with E-state index >= 15 is 0 Å². The maximum Gasteiger partial charge on any atom is 0.262 e. The fraction of sp³-hybridized carbons (Fsp3) is 0.917. The lowest BCUT2D eigenvalue weighted by molar-refractivity contribution is -0.130. The van der Waals surface area contributed by atoms with E-state index < -0.39 is 22.0 Å². The molecular weight excluding hydrogens is 270 g/mol. The van der Waals surface area contributed by atoms with Gasteiger partial charge in [-0.1, -0.05) is 13.8 Å². The van der Waals surface area contributed by atoms with Crippen LogP contribution in [0.3, 0.4) is 0 Å². The topological polar surface area (TPSA) is 81.7 Å². The van der Waals surface area contributed by atoms with Crippen LogP contribution in [0.4, 0.5) is 0 Å². The summed E-state index contributed by atoms with van der Waals surface area (Å²) in [6.07, 6.45) is -0.320. The Bertz CT molecular complexity index is 364. The molecule has 7 heteroatoms. The highest BCUT2D eigenvalue weighted by atomic mass is 32.2. The van der Waals surface area contributed by atoms with Crippen LogP contribution >= 0.6 is 0 Å². The van der Waals surface area contributed by atoms with Gasteiger partial charge < -0.3 is 9.47 Å². The second-order valence-corrected chi connectivity index (χ2v) is 6.90. The molecule has 0 spiro atoms. The Hall–Kier alpha value is -0.660. The number of hydrogen-bond donors (Lipinski definition) is 1. The maximum absolute atomic E-state index is 11.8. The molecule has 0 bridgehead atoms. The van der Waals surface area contributed by atoms with Crippen molar-refractivity contribution in [2.75, 3.05) is 19.5 Å². The van der Waals surface area contributed by atoms with Crippen molar-refractivity contribution in [3.8, 4) is 0 Å². The molecule has 0 aromatic rings. The highest BCUT2D eigenvalue weighted by Gasteiger charge is 2.23. The molecule has 1 atom stereocenters. The lowest BCUT2D eigenvalue weighted by atomic mass is 10.1. The number of hydrogen-bond acceptors (Lipinski definition) is 5. The molecule has 1 amide bonds. The highest BCUT2D eigenvalue weighted by Crippen LogP contribution is 2.08. The number of carbonyl (C=O) groups is 1. The number of amides is 1. The summed E-state index contributed by atoms with van der Waals surface area (Å²) in [5.74, 6) is -0.627. The third kappa shape index (κ3) is 8.96. The van der Waals surface area contributed by atoms with E-state index in [1.165, 1.54) is 7.11 Å². The van der Waals surface area contributed by atoms with Crippen molar-refractivity contribution < 1.29 is 22.7 Å². The summed E-state index contributed by atoms with van der Waals surface area (Å²) >= 11 is 0. The van der Waals surface area contributed by atoms with Crippen LogP contribution in [-0.2, 0) is 24.3 Å². The monoisotopic (exact) mass is 295 g/mol. The molecule has 6 nitrogen and oxygen atoms in total. The Labute approximate surface area is 115 Å². The van der Waals surface area contributed by atoms with Gasteiger partial charge in [0.15, 0.2) is 0 Å². The Morgan fingerprint density at radius 3 is 2.21 bits per heavy atom. The largest absolute Gasteiger partial charge is 0.378 e. The van der Waals surface area contributed by atoms with E-state index in [9.17, 15) is 13.2 Å². The van der Waals surface area contributed by atoms with Crippen LogP contribution < -0.4 is 4.72 Å². The molecule has 0 rings (SSSR count). The first kappa shape index (κ1) is 18.3. The number of rotatable bonds is 9. The minimum Gasteiger partial charge on any atom is -0.378 e. The van der Waals surface area contributed by atoms with E-state index in [-0.39, 0.29) is 24.4 Å². The summed E-state index contributed by atoms with van der Waals surface area (Å²) in [5, 5.41) is 0. The molecule has 0 aliphatic rings. The molecule has 0 heterocycles. The van der Waals surface area contributed by atoms with Crippen LogP contribution in [-0.4, -0.2) is 46.0 Å². The van der Waals surface area contributed by atoms with Gasteiger partial charge in [0, 0.05) is 7.11 Å². The number of nitrogens with one attached hydrogen (secondary N) is 1. The zero-order chi connectivity index (χ0) is 15.1. The van der Waals surface area contributed by atoms with Crippen LogP contribution in [0.15, 0.2) is 0 Å². The van der Waals surface area contributed by atoms with Crippen molar-refractivity contribution in [2.45, 2.75) is 46.3 Å². The van der Waals surface area contributed by atoms with E-state index in [2.05, 4.69) is 0 Å². The molecule has 0 saturated carbocycles. The Morgan fingerprint density at radius 2 is 1.79 bits per heavy atom. The molecule has 0 radical (unpaired) electrons. The standard InChI is InChI=1S/C12H25NO5S/c1-9(2)8-11(17-5)12(14)13-19(15,16)7-6-18-10(3)4/h9-11H,6-8H2,1-5H3,(H,13,14). The van der Waals surface area contributed by atoms with E-state index in [1.807, 2.05) is 32.4 Å². The average molecular weight is 295 g/mol. The number of sulfonamides is 1. The zero-order valence-electron chi connectivity index (χ0n) is 12.3. The van der Waals surface area contributed by atoms with Gasteiger partial charge in [0.1, 0.15) is 6.10 Å². The molecule has 1 N–H and O–H groups in total. The molecular formula is C12H25NO5S. The molecule has 0 aromatic carbocycles. The number of methoxy groups -OCH3 is 1. The van der Waals surface area contributed by atoms with Crippen LogP contribution in [0.1, 0.15) is 34.1 Å². The van der Waals surface area contributed by atoms with Crippen molar-refractivity contribution in [1.82, 2.24) is 4.72 Å². The first-order valence-corrected chi connectivity index (χ1v) is 8.02. The van der Waals surface area contributed by atoms with Gasteiger partial charge in [-0.25, -0.2) is 8.42 Å². The second-order valence-electron chi connectivity index (χ2n) is 5.06. The fourth-order valence-corrected chi connectivity index (χ4v) is 2.26. The first-order valence-electron chi connectivity index (χ1n) is 6.36. The Morgan fingerprint density at radius 1 is 1.21 bits per heavy atom. The van der Waals surface area contributed by atoms with Gasteiger partial charge in [-0.05, 0) is 26.2 Å². The van der Waals surface area contributed by atoms with Gasteiger partial charge in [0.05, 0.1) is 18.5 Å². The zero-order valence-corrected chi connectivity index (χ0v) is 13.1. The van der Waals surface area contributed by atoms with Crippen molar-refractivity contribution in [3.63, 3.8) is 0 Å². The van der Waals surface area contributed by atoms with E-state index in [1.54, 1.807) is 0 Å². The number of carbonyl (C=O) groups excluding carboxylic acids is 1. The van der Waals surface area contributed by atoms with E-state index in [0.717, 1.165) is 0 Å². The third-order valence-corrected chi connectivity index (χ3v) is 3.54. The summed E-state index contributed by atoms with van der Waals surface area (Å²) in [6.45, 7) is 7.56. The summed E-state index contributed by atoms with van der Waals surface area (Å²) in [6, 6.07) is 0. The Kier molecular flexibility index (Phi) is 8.20. The third-order valence-electron chi connectivity index (χ3n) is 2.32. The van der Waals surface area contributed by atoms with Crippen molar-refractivity contribution in [1.29, 1.82) is 0 Å². The minimum absolute atomic E-state index is 0.0430. The fourth-order valence-electron chi connectivity index (χ4n) is 1.40. The quantitative estimate of drug-likeness (QED) is 0.684. The minimum atomic E-state index is -3.67. The molecule has 0 aliphatic heterocycles. The van der Waals surface area contributed by atoms with Crippen LogP contribution in [0, 0.1) is 5.92 Å². The van der Waals surface area contributed by atoms with Crippen LogP contribution in [0.25, 0.3) is 0 Å². The van der Waals surface area contributed by atoms with Crippen molar-refractivity contribution in [3.05, 3.63) is 0 Å². The average Bonchev–Trinajstić information content (AvgIpc) is 2.23. The van der Waals surface area contributed by atoms with Gasteiger partial charge in [-0.2, -0.15) is 0 Å². The normalized spacial score (nSPS) is 13.8. The van der Waals surface area contributed by atoms with Crippen LogP contribution in [0.2, 0.25) is 0 Å². The molecule has 1 unspecified atom stereocenters. The summed E-state index contributed by atoms with van der Waals surface area (Å²) < 4.78 is 35.5. The van der Waals surface area contributed by atoms with Crippen molar-refractivity contribution in [2.24, 2.45) is 5.92 Å². The van der Waals surface area contributed by atoms with Crippen LogP contribution in [0.5, 0.6) is 0 Å². The first-order chi connectivity index (χ1) is 8.68. The van der Waals surface area contributed by atoms with Gasteiger partial charge in [0.2, 0.25) is 10.0 Å². The Balaban J connectivity index is 4.35. The molecule has 114 valence electrons. The molecule has 0 aliphatic carbocycles. The maximum atomic E-state index is 11.8. The van der Waals surface area contributed by atoms with Gasteiger partial charge >= 0.3 is 0 Å². The van der Waals surface area contributed by atoms with Gasteiger partial charge in [-0.15, -0.1) is 0 Å². The lowest BCUT2D eigenvalue weighted by Crippen LogP contribution is -2.42. The number of ether oxygens (including phenoxy) is 2. The second kappa shape index (κ2) is 8.50. The molecule has 0 aromatic heterocycles. The molecule has 0 fully saturated rings. The van der Waals surface area contributed by atoms with Gasteiger partial charge in [0.25, 0.3) is 5.91 Å². The van der Waals surface area contributed by atoms with Crippen molar-refractivity contribution >= 4 is 15.9 Å². The predicted molar refractivity (Wildman–Crippen MR) is 73.3 cm³/mol. The smallest absolute Gasteiger partial charge is 0.262 e. The summed E-state index contributed by atoms with van der Waals surface area (Å²) in [5.41, 5.74) is 0. The molecule has 19 heavy (non-hydrogen) atoms. The SMILES string of the molecule is COC(CC(C)C)C(=O)NS(=O)(=O)CCOC(C)C. The predicted octanol–water partition coefficient (Wildman–Crippen LogP) is 0.919. The highest BCUT2D eigenvalue weighted by molar-refractivity contribution is 7.90. The lowest BCUT2D eigenvalue weighted by Gasteiger charge is -2.17.